The molecule has 0 bridgehead atoms. The molecule has 0 spiro atoms. The van der Waals surface area contributed by atoms with Crippen LogP contribution in [0, 0.1) is 11.3 Å². The molecule has 2 unspecified atom stereocenters. The van der Waals surface area contributed by atoms with Crippen molar-refractivity contribution < 1.29 is 0 Å². The van der Waals surface area contributed by atoms with Crippen LogP contribution in [0.1, 0.15) is 17.0 Å². The lowest BCUT2D eigenvalue weighted by Crippen LogP contribution is -2.41. The van der Waals surface area contributed by atoms with E-state index in [2.05, 4.69) is 40.1 Å². The van der Waals surface area contributed by atoms with Gasteiger partial charge in [-0.3, -0.25) is 10.4 Å². The third kappa shape index (κ3) is 1.76. The van der Waals surface area contributed by atoms with Gasteiger partial charge in [0.05, 0.1) is 0 Å². The van der Waals surface area contributed by atoms with Crippen molar-refractivity contribution in [2.75, 3.05) is 0 Å². The number of nitrogens with zero attached hydrogens (tertiary/aromatic N) is 2. The van der Waals surface area contributed by atoms with Gasteiger partial charge in [0.2, 0.25) is 0 Å². The van der Waals surface area contributed by atoms with E-state index in [1.807, 2.05) is 12.1 Å². The van der Waals surface area contributed by atoms with Gasteiger partial charge in [-0.25, -0.2) is 5.43 Å². The minimum Gasteiger partial charge on any atom is -0.253 e. The second-order valence-electron chi connectivity index (χ2n) is 4.15. The van der Waals surface area contributed by atoms with Gasteiger partial charge in [0.15, 0.2) is 0 Å². The first kappa shape index (κ1) is 10.2. The second kappa shape index (κ2) is 4.13. The third-order valence-electron chi connectivity index (χ3n) is 3.14. The Bertz CT molecular complexity index is 539. The molecule has 0 aromatic heterocycles. The van der Waals surface area contributed by atoms with Gasteiger partial charge in [-0.2, -0.15) is 5.26 Å². The van der Waals surface area contributed by atoms with Gasteiger partial charge in [0.25, 0.3) is 0 Å². The molecule has 84 valence electrons. The van der Waals surface area contributed by atoms with E-state index in [0.717, 1.165) is 6.54 Å². The van der Waals surface area contributed by atoms with E-state index in [0.29, 0.717) is 5.71 Å². The maximum absolute atomic E-state index is 8.87. The first-order valence-electron chi connectivity index (χ1n) is 5.61. The first-order chi connectivity index (χ1) is 8.38. The van der Waals surface area contributed by atoms with Gasteiger partial charge in [0, 0.05) is 12.5 Å². The maximum Gasteiger partial charge on any atom is 0.136 e. The maximum atomic E-state index is 8.87. The quantitative estimate of drug-likeness (QED) is 0.697. The lowest BCUT2D eigenvalue weighted by atomic mass is 9.90. The summed E-state index contributed by atoms with van der Waals surface area (Å²) < 4.78 is 0. The minimum atomic E-state index is -0.0988. The zero-order valence-electron chi connectivity index (χ0n) is 9.22. The molecule has 4 heteroatoms. The standard InChI is InChI=1S/C13H12N4/c14-7-10-5-6-12-11-4-2-1-3-9(11)8-15-17-13(12)16-10/h1-6,12-13,15,17H,8H2. The van der Waals surface area contributed by atoms with Gasteiger partial charge in [-0.1, -0.05) is 30.3 Å². The number of aliphatic imine (C=N–C) groups is 1. The summed E-state index contributed by atoms with van der Waals surface area (Å²) in [4.78, 5) is 4.38. The molecule has 3 rings (SSSR count). The van der Waals surface area contributed by atoms with E-state index in [-0.39, 0.29) is 12.1 Å². The van der Waals surface area contributed by atoms with E-state index in [4.69, 9.17) is 5.26 Å². The fourth-order valence-corrected chi connectivity index (χ4v) is 2.31. The van der Waals surface area contributed by atoms with Crippen LogP contribution in [0.5, 0.6) is 0 Å². The molecule has 0 fully saturated rings. The summed E-state index contributed by atoms with van der Waals surface area (Å²) in [6, 6.07) is 10.4. The Hall–Kier alpha value is -1.96. The van der Waals surface area contributed by atoms with Crippen LogP contribution in [0.3, 0.4) is 0 Å². The largest absolute Gasteiger partial charge is 0.253 e. The lowest BCUT2D eigenvalue weighted by Gasteiger charge is -2.23. The van der Waals surface area contributed by atoms with Crippen LogP contribution in [0.15, 0.2) is 41.4 Å². The Morgan fingerprint density at radius 3 is 3.12 bits per heavy atom. The average molecular weight is 224 g/mol. The smallest absolute Gasteiger partial charge is 0.136 e. The summed E-state index contributed by atoms with van der Waals surface area (Å²) >= 11 is 0. The average Bonchev–Trinajstić information content (AvgIpc) is 2.57. The fraction of sp³-hybridized carbons (Fsp3) is 0.231. The van der Waals surface area contributed by atoms with E-state index < -0.39 is 0 Å². The molecule has 17 heavy (non-hydrogen) atoms. The molecule has 2 heterocycles. The van der Waals surface area contributed by atoms with Gasteiger partial charge in [-0.05, 0) is 17.2 Å². The van der Waals surface area contributed by atoms with Crippen molar-refractivity contribution in [3.8, 4) is 6.07 Å². The number of nitrogens with one attached hydrogen (secondary N) is 2. The number of hydrogen-bond acceptors (Lipinski definition) is 4. The van der Waals surface area contributed by atoms with Crippen molar-refractivity contribution >= 4 is 5.71 Å². The topological polar surface area (TPSA) is 60.2 Å². The molecule has 0 aliphatic carbocycles. The van der Waals surface area contributed by atoms with Crippen LogP contribution >= 0.6 is 0 Å². The zero-order valence-corrected chi connectivity index (χ0v) is 9.22. The summed E-state index contributed by atoms with van der Waals surface area (Å²) in [5.74, 6) is 0.193. The van der Waals surface area contributed by atoms with E-state index in [1.54, 1.807) is 6.08 Å². The van der Waals surface area contributed by atoms with E-state index in [1.165, 1.54) is 11.1 Å². The van der Waals surface area contributed by atoms with Crippen molar-refractivity contribution in [1.29, 1.82) is 5.26 Å². The molecule has 0 saturated carbocycles. The third-order valence-corrected chi connectivity index (χ3v) is 3.14. The number of hydrazine groups is 1. The van der Waals surface area contributed by atoms with E-state index in [9.17, 15) is 0 Å². The van der Waals surface area contributed by atoms with Crippen molar-refractivity contribution in [3.05, 3.63) is 47.5 Å². The minimum absolute atomic E-state index is 0.0988. The van der Waals surface area contributed by atoms with Gasteiger partial charge >= 0.3 is 0 Å². The van der Waals surface area contributed by atoms with Crippen LogP contribution in [0.2, 0.25) is 0 Å². The Labute approximate surface area is 99.6 Å². The molecule has 2 aliphatic heterocycles. The lowest BCUT2D eigenvalue weighted by molar-refractivity contribution is 0.428. The number of fused-ring (bicyclic) bond motifs is 3. The zero-order chi connectivity index (χ0) is 11.7. The predicted molar refractivity (Wildman–Crippen MR) is 65.1 cm³/mol. The molecule has 0 saturated heterocycles. The molecular weight excluding hydrogens is 212 g/mol. The molecule has 1 aromatic rings. The van der Waals surface area contributed by atoms with E-state index >= 15 is 0 Å². The van der Waals surface area contributed by atoms with Crippen LogP contribution in [-0.2, 0) is 6.54 Å². The van der Waals surface area contributed by atoms with Crippen LogP contribution in [-0.4, -0.2) is 11.9 Å². The van der Waals surface area contributed by atoms with Gasteiger partial charge in [0.1, 0.15) is 17.9 Å². The van der Waals surface area contributed by atoms with Crippen molar-refractivity contribution in [2.45, 2.75) is 18.6 Å². The monoisotopic (exact) mass is 224 g/mol. The summed E-state index contributed by atoms with van der Waals surface area (Å²) in [6.45, 7) is 0.772. The van der Waals surface area contributed by atoms with Crippen molar-refractivity contribution in [3.63, 3.8) is 0 Å². The number of rotatable bonds is 0. The van der Waals surface area contributed by atoms with Crippen LogP contribution in [0.25, 0.3) is 0 Å². The Morgan fingerprint density at radius 2 is 2.24 bits per heavy atom. The SMILES string of the molecule is N#CC1=NC2NNCc3ccccc3C2C=C1. The van der Waals surface area contributed by atoms with Crippen LogP contribution < -0.4 is 10.9 Å². The van der Waals surface area contributed by atoms with Crippen LogP contribution in [0.4, 0.5) is 0 Å². The number of nitriles is 1. The molecule has 2 aliphatic rings. The molecule has 2 atom stereocenters. The molecular formula is C13H12N4. The predicted octanol–water partition coefficient (Wildman–Crippen LogP) is 1.24. The highest BCUT2D eigenvalue weighted by Gasteiger charge is 2.27. The first-order valence-corrected chi connectivity index (χ1v) is 5.61. The number of benzene rings is 1. The fourth-order valence-electron chi connectivity index (χ4n) is 2.31. The summed E-state index contributed by atoms with van der Waals surface area (Å²) in [7, 11) is 0. The Kier molecular flexibility index (Phi) is 2.48. The summed E-state index contributed by atoms with van der Waals surface area (Å²) in [6.07, 6.45) is 3.75. The Balaban J connectivity index is 2.04. The molecule has 4 nitrogen and oxygen atoms in total. The van der Waals surface area contributed by atoms with Gasteiger partial charge < -0.3 is 0 Å². The second-order valence-corrected chi connectivity index (χ2v) is 4.15. The molecule has 0 amide bonds. The van der Waals surface area contributed by atoms with Crippen molar-refractivity contribution in [1.82, 2.24) is 10.9 Å². The highest BCUT2D eigenvalue weighted by molar-refractivity contribution is 6.07. The Morgan fingerprint density at radius 1 is 1.35 bits per heavy atom. The number of hydrogen-bond donors (Lipinski definition) is 2. The van der Waals surface area contributed by atoms with Gasteiger partial charge in [-0.15, -0.1) is 0 Å². The normalized spacial score (nSPS) is 26.2. The summed E-state index contributed by atoms with van der Waals surface area (Å²) in [5.41, 5.74) is 9.32. The van der Waals surface area contributed by atoms with Crippen molar-refractivity contribution in [2.24, 2.45) is 4.99 Å². The number of dihydropyridines is 1. The summed E-state index contributed by atoms with van der Waals surface area (Å²) in [5, 5.41) is 8.87. The highest BCUT2D eigenvalue weighted by Crippen LogP contribution is 2.29. The molecule has 0 radical (unpaired) electrons. The molecule has 1 aromatic carbocycles. The number of allylic oxidation sites excluding steroid dienone is 1. The molecule has 2 N–H and O–H groups in total. The highest BCUT2D eigenvalue weighted by atomic mass is 15.4.